The summed E-state index contributed by atoms with van der Waals surface area (Å²) in [5, 5.41) is 3.05. The van der Waals surface area contributed by atoms with Crippen LogP contribution in [0.25, 0.3) is 0 Å². The molecule has 2 heterocycles. The molecule has 2 rings (SSSR count). The van der Waals surface area contributed by atoms with Gasteiger partial charge in [0, 0.05) is 24.0 Å². The molecule has 1 aromatic rings. The van der Waals surface area contributed by atoms with Crippen molar-refractivity contribution in [2.75, 3.05) is 13.6 Å². The van der Waals surface area contributed by atoms with E-state index in [9.17, 15) is 8.42 Å². The molecule has 2 unspecified atom stereocenters. The third-order valence-electron chi connectivity index (χ3n) is 3.72. The van der Waals surface area contributed by atoms with Crippen LogP contribution in [0.2, 0.25) is 0 Å². The Bertz CT molecular complexity index is 571. The normalized spacial score (nSPS) is 25.0. The van der Waals surface area contributed by atoms with E-state index in [0.717, 1.165) is 17.7 Å². The molecule has 7 heteroatoms. The van der Waals surface area contributed by atoms with Crippen molar-refractivity contribution in [2.45, 2.75) is 44.2 Å². The Morgan fingerprint density at radius 3 is 2.80 bits per heavy atom. The molecule has 1 aliphatic heterocycles. The first-order chi connectivity index (χ1) is 9.36. The first-order valence-electron chi connectivity index (χ1n) is 6.81. The van der Waals surface area contributed by atoms with Crippen molar-refractivity contribution in [3.05, 3.63) is 14.7 Å². The fraction of sp³-hybridized carbons (Fsp3) is 0.692. The molecular formula is C13H21BrN2O2S2. The van der Waals surface area contributed by atoms with E-state index in [-0.39, 0.29) is 6.04 Å². The molecular weight excluding hydrogens is 360 g/mol. The molecule has 1 fully saturated rings. The summed E-state index contributed by atoms with van der Waals surface area (Å²) in [6.07, 6.45) is 1.87. The summed E-state index contributed by atoms with van der Waals surface area (Å²) in [5.41, 5.74) is 0. The number of rotatable bonds is 4. The standard InChI is InChI=1S/C13H21BrN2O2S2/c1-9-4-5-16(10(2)6-9)20(17,18)12-7-11(8-15-3)19-13(12)14/h7,9-10,15H,4-6,8H2,1-3H3. The third kappa shape index (κ3) is 3.27. The smallest absolute Gasteiger partial charge is 0.245 e. The van der Waals surface area contributed by atoms with Gasteiger partial charge in [0.15, 0.2) is 0 Å². The van der Waals surface area contributed by atoms with Gasteiger partial charge >= 0.3 is 0 Å². The highest BCUT2D eigenvalue weighted by Crippen LogP contribution is 2.36. The number of halogens is 1. The molecule has 0 amide bonds. The van der Waals surface area contributed by atoms with Crippen LogP contribution in [-0.2, 0) is 16.6 Å². The fourth-order valence-electron chi connectivity index (χ4n) is 2.70. The topological polar surface area (TPSA) is 49.4 Å². The van der Waals surface area contributed by atoms with E-state index in [1.165, 1.54) is 11.3 Å². The van der Waals surface area contributed by atoms with E-state index >= 15 is 0 Å². The zero-order chi connectivity index (χ0) is 14.9. The number of sulfonamides is 1. The van der Waals surface area contributed by atoms with Gasteiger partial charge in [0.05, 0.1) is 3.79 Å². The molecule has 4 nitrogen and oxygen atoms in total. The first-order valence-corrected chi connectivity index (χ1v) is 9.86. The number of nitrogens with zero attached hydrogens (tertiary/aromatic N) is 1. The van der Waals surface area contributed by atoms with Gasteiger partial charge in [-0.2, -0.15) is 4.31 Å². The minimum absolute atomic E-state index is 0.0725. The third-order valence-corrected chi connectivity index (χ3v) is 7.99. The summed E-state index contributed by atoms with van der Waals surface area (Å²) in [7, 11) is -1.54. The Hall–Kier alpha value is 0.0500. The fourth-order valence-corrected chi connectivity index (χ4v) is 7.01. The number of nitrogens with one attached hydrogen (secondary N) is 1. The van der Waals surface area contributed by atoms with E-state index in [0.29, 0.717) is 27.7 Å². The van der Waals surface area contributed by atoms with Gasteiger partial charge in [-0.25, -0.2) is 8.42 Å². The Morgan fingerprint density at radius 1 is 1.50 bits per heavy atom. The number of thiophene rings is 1. The highest BCUT2D eigenvalue weighted by Gasteiger charge is 2.35. The summed E-state index contributed by atoms with van der Waals surface area (Å²) in [4.78, 5) is 1.44. The molecule has 1 aliphatic rings. The maximum atomic E-state index is 12.8. The lowest BCUT2D eigenvalue weighted by Crippen LogP contribution is -2.44. The second kappa shape index (κ2) is 6.44. The summed E-state index contributed by atoms with van der Waals surface area (Å²) in [5.74, 6) is 0.599. The monoisotopic (exact) mass is 380 g/mol. The predicted molar refractivity (Wildman–Crippen MR) is 86.5 cm³/mol. The van der Waals surface area contributed by atoms with Gasteiger partial charge in [-0.1, -0.05) is 6.92 Å². The molecule has 2 atom stereocenters. The van der Waals surface area contributed by atoms with Crippen LogP contribution in [0.3, 0.4) is 0 Å². The molecule has 114 valence electrons. The first kappa shape index (κ1) is 16.4. The number of hydrogen-bond acceptors (Lipinski definition) is 4. The minimum Gasteiger partial charge on any atom is -0.315 e. The second-order valence-corrected chi connectivity index (χ2v) is 9.79. The molecule has 0 bridgehead atoms. The zero-order valence-corrected chi connectivity index (χ0v) is 15.2. The van der Waals surface area contributed by atoms with Crippen LogP contribution in [0.15, 0.2) is 14.7 Å². The van der Waals surface area contributed by atoms with E-state index in [1.54, 1.807) is 10.4 Å². The van der Waals surface area contributed by atoms with Crippen LogP contribution in [0, 0.1) is 5.92 Å². The lowest BCUT2D eigenvalue weighted by Gasteiger charge is -2.35. The summed E-state index contributed by atoms with van der Waals surface area (Å²) < 4.78 is 28.0. The average Bonchev–Trinajstić information content (AvgIpc) is 2.71. The number of piperidine rings is 1. The van der Waals surface area contributed by atoms with Gasteiger partial charge in [0.1, 0.15) is 4.90 Å². The van der Waals surface area contributed by atoms with Crippen LogP contribution in [-0.4, -0.2) is 32.4 Å². The average molecular weight is 381 g/mol. The van der Waals surface area contributed by atoms with Crippen molar-refractivity contribution in [3.8, 4) is 0 Å². The molecule has 1 aromatic heterocycles. The molecule has 0 spiro atoms. The quantitative estimate of drug-likeness (QED) is 0.872. The molecule has 0 aliphatic carbocycles. The van der Waals surface area contributed by atoms with Crippen LogP contribution < -0.4 is 5.32 Å². The molecule has 1 saturated heterocycles. The molecule has 0 radical (unpaired) electrons. The van der Waals surface area contributed by atoms with E-state index < -0.39 is 10.0 Å². The number of hydrogen-bond donors (Lipinski definition) is 1. The Kier molecular flexibility index (Phi) is 5.29. The largest absolute Gasteiger partial charge is 0.315 e. The van der Waals surface area contributed by atoms with Crippen molar-refractivity contribution >= 4 is 37.3 Å². The van der Waals surface area contributed by atoms with Crippen molar-refractivity contribution in [1.29, 1.82) is 0 Å². The van der Waals surface area contributed by atoms with Gasteiger partial charge in [-0.05, 0) is 54.7 Å². The van der Waals surface area contributed by atoms with Crippen LogP contribution in [0.4, 0.5) is 0 Å². The summed E-state index contributed by atoms with van der Waals surface area (Å²) in [6, 6.07) is 1.86. The predicted octanol–water partition coefficient (Wildman–Crippen LogP) is 3.04. The molecule has 20 heavy (non-hydrogen) atoms. The maximum Gasteiger partial charge on any atom is 0.245 e. The second-order valence-electron chi connectivity index (χ2n) is 5.48. The van der Waals surface area contributed by atoms with E-state index in [4.69, 9.17) is 0 Å². The van der Waals surface area contributed by atoms with Crippen molar-refractivity contribution in [1.82, 2.24) is 9.62 Å². The lowest BCUT2D eigenvalue weighted by molar-refractivity contribution is 0.220. The molecule has 0 aromatic carbocycles. The van der Waals surface area contributed by atoms with Crippen LogP contribution >= 0.6 is 27.3 Å². The highest BCUT2D eigenvalue weighted by molar-refractivity contribution is 9.11. The Balaban J connectivity index is 2.30. The van der Waals surface area contributed by atoms with Crippen molar-refractivity contribution in [2.24, 2.45) is 5.92 Å². The zero-order valence-electron chi connectivity index (χ0n) is 12.0. The minimum atomic E-state index is -3.39. The van der Waals surface area contributed by atoms with Crippen molar-refractivity contribution in [3.63, 3.8) is 0 Å². The Labute approximate surface area is 133 Å². The van der Waals surface area contributed by atoms with E-state index in [2.05, 4.69) is 28.2 Å². The summed E-state index contributed by atoms with van der Waals surface area (Å²) >= 11 is 4.89. The van der Waals surface area contributed by atoms with Gasteiger partial charge < -0.3 is 5.32 Å². The van der Waals surface area contributed by atoms with Crippen molar-refractivity contribution < 1.29 is 8.42 Å². The maximum absolute atomic E-state index is 12.8. The molecule has 0 saturated carbocycles. The Morgan fingerprint density at radius 2 is 2.20 bits per heavy atom. The van der Waals surface area contributed by atoms with Gasteiger partial charge in [0.25, 0.3) is 0 Å². The highest BCUT2D eigenvalue weighted by atomic mass is 79.9. The lowest BCUT2D eigenvalue weighted by atomic mass is 9.95. The SMILES string of the molecule is CNCc1cc(S(=O)(=O)N2CCC(C)CC2C)c(Br)s1. The molecule has 1 N–H and O–H groups in total. The van der Waals surface area contributed by atoms with E-state index in [1.807, 2.05) is 14.0 Å². The van der Waals surface area contributed by atoms with Crippen LogP contribution in [0.1, 0.15) is 31.6 Å². The van der Waals surface area contributed by atoms with Gasteiger partial charge in [0.2, 0.25) is 10.0 Å². The van der Waals surface area contributed by atoms with Gasteiger partial charge in [-0.3, -0.25) is 0 Å². The van der Waals surface area contributed by atoms with Crippen LogP contribution in [0.5, 0.6) is 0 Å². The summed E-state index contributed by atoms with van der Waals surface area (Å²) in [6.45, 7) is 5.49. The van der Waals surface area contributed by atoms with Gasteiger partial charge in [-0.15, -0.1) is 11.3 Å².